The number of nitrogens with two attached hydrogens (primary N) is 1. The van der Waals surface area contributed by atoms with Crippen molar-refractivity contribution in [3.8, 4) is 5.75 Å². The van der Waals surface area contributed by atoms with E-state index in [1.807, 2.05) is 0 Å². The van der Waals surface area contributed by atoms with E-state index in [0.717, 1.165) is 6.07 Å². The summed E-state index contributed by atoms with van der Waals surface area (Å²) in [6.45, 7) is -0.00786. The monoisotopic (exact) mass is 314 g/mol. The molecule has 0 radical (unpaired) electrons. The number of benzene rings is 1. The van der Waals surface area contributed by atoms with Gasteiger partial charge >= 0.3 is 5.69 Å². The molecule has 0 amide bonds. The Balaban J connectivity index is 2.22. The number of nitrogens with zero attached hydrogens (tertiary/aromatic N) is 3. The van der Waals surface area contributed by atoms with Crippen LogP contribution in [0.4, 0.5) is 11.5 Å². The van der Waals surface area contributed by atoms with E-state index in [0.29, 0.717) is 5.69 Å². The van der Waals surface area contributed by atoms with Crippen LogP contribution in [0.25, 0.3) is 0 Å². The van der Waals surface area contributed by atoms with Gasteiger partial charge in [-0.25, -0.2) is 4.98 Å². The number of aromatic nitrogens is 2. The quantitative estimate of drug-likeness (QED) is 0.687. The number of ether oxygens (including phenoxy) is 1. The van der Waals surface area contributed by atoms with Crippen LogP contribution in [0, 0.1) is 10.1 Å². The third-order valence-electron chi connectivity index (χ3n) is 2.30. The minimum absolute atomic E-state index is 0.00280. The number of halogens is 2. The van der Waals surface area contributed by atoms with Crippen molar-refractivity contribution in [2.45, 2.75) is 6.61 Å². The largest absolute Gasteiger partial charge is 0.480 e. The van der Waals surface area contributed by atoms with Gasteiger partial charge in [0, 0.05) is 12.1 Å². The van der Waals surface area contributed by atoms with Gasteiger partial charge in [-0.05, 0) is 0 Å². The Morgan fingerprint density at radius 1 is 1.25 bits per heavy atom. The molecule has 0 spiro atoms. The molecule has 1 heterocycles. The van der Waals surface area contributed by atoms with Crippen LogP contribution in [-0.4, -0.2) is 14.9 Å². The average molecular weight is 315 g/mol. The van der Waals surface area contributed by atoms with Crippen LogP contribution in [0.1, 0.15) is 5.69 Å². The lowest BCUT2D eigenvalue weighted by atomic mass is 10.3. The Labute approximate surface area is 123 Å². The van der Waals surface area contributed by atoms with Crippen LogP contribution in [0.2, 0.25) is 10.0 Å². The second-order valence-electron chi connectivity index (χ2n) is 3.71. The van der Waals surface area contributed by atoms with Crippen molar-refractivity contribution in [3.05, 3.63) is 50.4 Å². The van der Waals surface area contributed by atoms with Crippen LogP contribution in [0.5, 0.6) is 5.75 Å². The number of nitro benzene ring substituents is 1. The van der Waals surface area contributed by atoms with E-state index in [1.54, 1.807) is 0 Å². The Morgan fingerprint density at radius 2 is 1.95 bits per heavy atom. The number of rotatable bonds is 4. The summed E-state index contributed by atoms with van der Waals surface area (Å²) in [6.07, 6.45) is 2.78. The molecule has 2 rings (SSSR count). The standard InChI is InChI=1S/C11H8Cl2N4O3/c12-7-1-9(17(18)19)10(2-8(7)13)20-5-6-3-16-11(14)4-15-6/h1-4H,5H2,(H2,14,16). The SMILES string of the molecule is Nc1cnc(COc2cc(Cl)c(Cl)cc2[N+](=O)[O-])cn1. The number of nitrogen functional groups attached to an aromatic ring is 1. The van der Waals surface area contributed by atoms with E-state index in [9.17, 15) is 10.1 Å². The zero-order valence-electron chi connectivity index (χ0n) is 9.92. The van der Waals surface area contributed by atoms with Gasteiger partial charge in [-0.1, -0.05) is 23.2 Å². The van der Waals surface area contributed by atoms with Crippen LogP contribution in [0.15, 0.2) is 24.5 Å². The van der Waals surface area contributed by atoms with E-state index >= 15 is 0 Å². The fraction of sp³-hybridized carbons (Fsp3) is 0.0909. The summed E-state index contributed by atoms with van der Waals surface area (Å²) in [4.78, 5) is 18.1. The molecule has 2 N–H and O–H groups in total. The first kappa shape index (κ1) is 14.3. The van der Waals surface area contributed by atoms with E-state index in [4.69, 9.17) is 33.7 Å². The lowest BCUT2D eigenvalue weighted by Gasteiger charge is -2.07. The molecule has 20 heavy (non-hydrogen) atoms. The summed E-state index contributed by atoms with van der Waals surface area (Å²) >= 11 is 11.6. The topological polar surface area (TPSA) is 104 Å². The molecule has 104 valence electrons. The Morgan fingerprint density at radius 3 is 2.55 bits per heavy atom. The fourth-order valence-corrected chi connectivity index (χ4v) is 1.68. The van der Waals surface area contributed by atoms with Gasteiger partial charge < -0.3 is 10.5 Å². The summed E-state index contributed by atoms with van der Waals surface area (Å²) < 4.78 is 5.33. The molecule has 2 aromatic rings. The normalized spacial score (nSPS) is 10.3. The van der Waals surface area contributed by atoms with Gasteiger partial charge in [-0.3, -0.25) is 15.1 Å². The van der Waals surface area contributed by atoms with E-state index in [2.05, 4.69) is 9.97 Å². The molecule has 0 saturated heterocycles. The minimum atomic E-state index is -0.605. The Hall–Kier alpha value is -2.12. The van der Waals surface area contributed by atoms with Gasteiger partial charge in [0.15, 0.2) is 5.75 Å². The highest BCUT2D eigenvalue weighted by Gasteiger charge is 2.18. The summed E-state index contributed by atoms with van der Waals surface area (Å²) in [5.74, 6) is 0.275. The van der Waals surface area contributed by atoms with Crippen molar-refractivity contribution in [2.24, 2.45) is 0 Å². The van der Waals surface area contributed by atoms with Gasteiger partial charge in [-0.15, -0.1) is 0 Å². The third-order valence-corrected chi connectivity index (χ3v) is 3.02. The number of nitro groups is 1. The van der Waals surface area contributed by atoms with Crippen molar-refractivity contribution in [1.82, 2.24) is 9.97 Å². The van der Waals surface area contributed by atoms with E-state index in [1.165, 1.54) is 18.5 Å². The molecular formula is C11H8Cl2N4O3. The van der Waals surface area contributed by atoms with Crippen molar-refractivity contribution in [1.29, 1.82) is 0 Å². The highest BCUT2D eigenvalue weighted by Crippen LogP contribution is 2.35. The maximum absolute atomic E-state index is 10.9. The van der Waals surface area contributed by atoms with Gasteiger partial charge in [-0.2, -0.15) is 0 Å². The maximum Gasteiger partial charge on any atom is 0.312 e. The fourth-order valence-electron chi connectivity index (χ4n) is 1.37. The molecule has 0 saturated carbocycles. The van der Waals surface area contributed by atoms with Crippen LogP contribution in [-0.2, 0) is 6.61 Å². The Kier molecular flexibility index (Phi) is 4.21. The predicted molar refractivity (Wildman–Crippen MR) is 73.9 cm³/mol. The molecule has 0 atom stereocenters. The van der Waals surface area contributed by atoms with Crippen LogP contribution >= 0.6 is 23.2 Å². The molecule has 0 bridgehead atoms. The lowest BCUT2D eigenvalue weighted by Crippen LogP contribution is -2.02. The first-order chi connectivity index (χ1) is 9.47. The summed E-state index contributed by atoms with van der Waals surface area (Å²) in [6, 6.07) is 2.42. The van der Waals surface area contributed by atoms with Crippen molar-refractivity contribution in [2.75, 3.05) is 5.73 Å². The molecule has 1 aromatic carbocycles. The molecule has 9 heteroatoms. The van der Waals surface area contributed by atoms with Crippen molar-refractivity contribution >= 4 is 34.7 Å². The molecule has 0 aliphatic carbocycles. The first-order valence-corrected chi connectivity index (χ1v) is 6.05. The van der Waals surface area contributed by atoms with Crippen LogP contribution < -0.4 is 10.5 Å². The molecule has 0 aliphatic heterocycles. The first-order valence-electron chi connectivity index (χ1n) is 5.30. The molecular weight excluding hydrogens is 307 g/mol. The van der Waals surface area contributed by atoms with Gasteiger partial charge in [0.05, 0.1) is 33.1 Å². The number of hydrogen-bond donors (Lipinski definition) is 1. The third kappa shape index (κ3) is 3.25. The molecule has 0 fully saturated rings. The minimum Gasteiger partial charge on any atom is -0.480 e. The highest BCUT2D eigenvalue weighted by atomic mass is 35.5. The van der Waals surface area contributed by atoms with Crippen molar-refractivity contribution < 1.29 is 9.66 Å². The highest BCUT2D eigenvalue weighted by molar-refractivity contribution is 6.42. The smallest absolute Gasteiger partial charge is 0.312 e. The van der Waals surface area contributed by atoms with Crippen LogP contribution in [0.3, 0.4) is 0 Å². The maximum atomic E-state index is 10.9. The van der Waals surface area contributed by atoms with E-state index < -0.39 is 4.92 Å². The summed E-state index contributed by atoms with van der Waals surface area (Å²) in [5, 5.41) is 11.2. The molecule has 0 unspecified atom stereocenters. The van der Waals surface area contributed by atoms with Gasteiger partial charge in [0.2, 0.25) is 0 Å². The second kappa shape index (κ2) is 5.89. The molecule has 0 aliphatic rings. The Bertz CT molecular complexity index is 649. The van der Waals surface area contributed by atoms with E-state index in [-0.39, 0.29) is 33.9 Å². The predicted octanol–water partition coefficient (Wildman–Crippen LogP) is 2.85. The molecule has 1 aromatic heterocycles. The lowest BCUT2D eigenvalue weighted by molar-refractivity contribution is -0.385. The number of hydrogen-bond acceptors (Lipinski definition) is 6. The number of anilines is 1. The zero-order valence-corrected chi connectivity index (χ0v) is 11.4. The van der Waals surface area contributed by atoms with Crippen molar-refractivity contribution in [3.63, 3.8) is 0 Å². The summed E-state index contributed by atoms with van der Waals surface area (Å²) in [7, 11) is 0. The average Bonchev–Trinajstić information content (AvgIpc) is 2.41. The summed E-state index contributed by atoms with van der Waals surface area (Å²) in [5.41, 5.74) is 5.60. The van der Waals surface area contributed by atoms with Gasteiger partial charge in [0.1, 0.15) is 12.4 Å². The molecule has 7 nitrogen and oxygen atoms in total. The van der Waals surface area contributed by atoms with Gasteiger partial charge in [0.25, 0.3) is 0 Å². The second-order valence-corrected chi connectivity index (χ2v) is 4.53. The zero-order chi connectivity index (χ0) is 14.7.